The molecule has 3 heteroatoms. The van der Waals surface area contributed by atoms with Crippen LogP contribution >= 0.6 is 0 Å². The fourth-order valence-corrected chi connectivity index (χ4v) is 3.68. The van der Waals surface area contributed by atoms with Gasteiger partial charge in [-0.25, -0.2) is 0 Å². The van der Waals surface area contributed by atoms with E-state index in [2.05, 4.69) is 55.7 Å². The first-order valence-electron chi connectivity index (χ1n) is 8.36. The van der Waals surface area contributed by atoms with E-state index in [0.29, 0.717) is 18.6 Å². The quantitative estimate of drug-likeness (QED) is 0.874. The minimum absolute atomic E-state index is 0.366. The zero-order chi connectivity index (χ0) is 15.4. The average Bonchev–Trinajstić information content (AvgIpc) is 2.94. The molecule has 1 saturated heterocycles. The van der Waals surface area contributed by atoms with Crippen LogP contribution in [0.5, 0.6) is 0 Å². The van der Waals surface area contributed by atoms with Gasteiger partial charge in [-0.3, -0.25) is 9.80 Å². The van der Waals surface area contributed by atoms with Gasteiger partial charge in [0.1, 0.15) is 0 Å². The molecule has 2 N–H and O–H groups in total. The second kappa shape index (κ2) is 7.39. The van der Waals surface area contributed by atoms with Gasteiger partial charge in [-0.1, -0.05) is 37.6 Å². The van der Waals surface area contributed by atoms with Crippen molar-refractivity contribution in [2.75, 3.05) is 32.7 Å². The molecule has 0 aromatic heterocycles. The summed E-state index contributed by atoms with van der Waals surface area (Å²) in [6.07, 6.45) is 1.27. The van der Waals surface area contributed by atoms with Crippen LogP contribution in [0.3, 0.4) is 0 Å². The van der Waals surface area contributed by atoms with Gasteiger partial charge in [0.25, 0.3) is 0 Å². The van der Waals surface area contributed by atoms with E-state index < -0.39 is 0 Å². The largest absolute Gasteiger partial charge is 0.329 e. The summed E-state index contributed by atoms with van der Waals surface area (Å²) in [6, 6.07) is 7.79. The van der Waals surface area contributed by atoms with Gasteiger partial charge < -0.3 is 5.73 Å². The Labute approximate surface area is 130 Å². The van der Waals surface area contributed by atoms with E-state index in [1.54, 1.807) is 0 Å². The lowest BCUT2D eigenvalue weighted by molar-refractivity contribution is 0.189. The lowest BCUT2D eigenvalue weighted by atomic mass is 9.98. The van der Waals surface area contributed by atoms with Gasteiger partial charge >= 0.3 is 0 Å². The van der Waals surface area contributed by atoms with E-state index in [-0.39, 0.29) is 0 Å². The summed E-state index contributed by atoms with van der Waals surface area (Å²) in [6.45, 7) is 14.2. The molecule has 21 heavy (non-hydrogen) atoms. The van der Waals surface area contributed by atoms with Crippen LogP contribution in [0, 0.1) is 13.8 Å². The van der Waals surface area contributed by atoms with Gasteiger partial charge in [-0.15, -0.1) is 0 Å². The highest BCUT2D eigenvalue weighted by Crippen LogP contribution is 2.28. The molecule has 2 unspecified atom stereocenters. The highest BCUT2D eigenvalue weighted by molar-refractivity contribution is 5.33. The maximum Gasteiger partial charge on any atom is 0.0473 e. The predicted molar refractivity (Wildman–Crippen MR) is 90.6 cm³/mol. The molecule has 2 atom stereocenters. The van der Waals surface area contributed by atoms with E-state index >= 15 is 0 Å². The van der Waals surface area contributed by atoms with Crippen molar-refractivity contribution in [3.63, 3.8) is 0 Å². The molecule has 2 rings (SSSR count). The van der Waals surface area contributed by atoms with Crippen LogP contribution < -0.4 is 5.73 Å². The van der Waals surface area contributed by atoms with E-state index in [1.165, 1.54) is 23.1 Å². The zero-order valence-electron chi connectivity index (χ0n) is 14.1. The van der Waals surface area contributed by atoms with Crippen LogP contribution in [0.4, 0.5) is 0 Å². The van der Waals surface area contributed by atoms with Gasteiger partial charge in [0.15, 0.2) is 0 Å². The second-order valence-electron chi connectivity index (χ2n) is 6.27. The lowest BCUT2D eigenvalue weighted by Crippen LogP contribution is -2.39. The highest BCUT2D eigenvalue weighted by Gasteiger charge is 2.31. The van der Waals surface area contributed by atoms with Crippen molar-refractivity contribution in [3.05, 3.63) is 34.9 Å². The summed E-state index contributed by atoms with van der Waals surface area (Å²) in [5.41, 5.74) is 10.2. The summed E-state index contributed by atoms with van der Waals surface area (Å²) in [4.78, 5) is 5.17. The van der Waals surface area contributed by atoms with Crippen molar-refractivity contribution in [2.45, 2.75) is 46.2 Å². The first-order valence-corrected chi connectivity index (χ1v) is 8.36. The number of nitrogens with two attached hydrogens (primary N) is 1. The number of hydrogen-bond donors (Lipinski definition) is 1. The first kappa shape index (κ1) is 16.5. The SMILES string of the molecule is CCN(CC)C1CCN(C(CN)c2cc(C)ccc2C)C1. The van der Waals surface area contributed by atoms with Crippen LogP contribution in [0.15, 0.2) is 18.2 Å². The smallest absolute Gasteiger partial charge is 0.0473 e. The Bertz CT molecular complexity index is 454. The van der Waals surface area contributed by atoms with Crippen molar-refractivity contribution in [2.24, 2.45) is 5.73 Å². The Kier molecular flexibility index (Phi) is 5.80. The van der Waals surface area contributed by atoms with Crippen LogP contribution in [-0.2, 0) is 0 Å². The molecule has 3 nitrogen and oxygen atoms in total. The van der Waals surface area contributed by atoms with Crippen molar-refractivity contribution in [3.8, 4) is 0 Å². The minimum Gasteiger partial charge on any atom is -0.329 e. The molecule has 1 aliphatic rings. The Morgan fingerprint density at radius 2 is 2.00 bits per heavy atom. The molecule has 118 valence electrons. The molecule has 0 saturated carbocycles. The number of rotatable bonds is 6. The van der Waals surface area contributed by atoms with E-state index in [1.807, 2.05) is 0 Å². The number of nitrogens with zero attached hydrogens (tertiary/aromatic N) is 2. The Hall–Kier alpha value is -0.900. The van der Waals surface area contributed by atoms with Gasteiger partial charge in [-0.2, -0.15) is 0 Å². The minimum atomic E-state index is 0.366. The monoisotopic (exact) mass is 289 g/mol. The van der Waals surface area contributed by atoms with Crippen molar-refractivity contribution < 1.29 is 0 Å². The fraction of sp³-hybridized carbons (Fsp3) is 0.667. The number of likely N-dealkylation sites (tertiary alicyclic amines) is 1. The third-order valence-corrected chi connectivity index (χ3v) is 4.98. The third kappa shape index (κ3) is 3.65. The summed E-state index contributed by atoms with van der Waals surface area (Å²) < 4.78 is 0. The van der Waals surface area contributed by atoms with Crippen molar-refractivity contribution in [1.29, 1.82) is 0 Å². The van der Waals surface area contributed by atoms with Crippen molar-refractivity contribution >= 4 is 0 Å². The average molecular weight is 289 g/mol. The fourth-order valence-electron chi connectivity index (χ4n) is 3.68. The van der Waals surface area contributed by atoms with Gasteiger partial charge in [0.2, 0.25) is 0 Å². The van der Waals surface area contributed by atoms with E-state index in [4.69, 9.17) is 5.73 Å². The topological polar surface area (TPSA) is 32.5 Å². The predicted octanol–water partition coefficient (Wildman–Crippen LogP) is 2.72. The maximum atomic E-state index is 6.13. The van der Waals surface area contributed by atoms with Crippen LogP contribution in [0.1, 0.15) is 43.0 Å². The van der Waals surface area contributed by atoms with Crippen LogP contribution in [0.2, 0.25) is 0 Å². The molecule has 1 heterocycles. The molecular weight excluding hydrogens is 258 g/mol. The molecule has 0 spiro atoms. The summed E-state index contributed by atoms with van der Waals surface area (Å²) in [5, 5.41) is 0. The van der Waals surface area contributed by atoms with Crippen molar-refractivity contribution in [1.82, 2.24) is 9.80 Å². The molecule has 0 radical (unpaired) electrons. The molecule has 1 aliphatic heterocycles. The van der Waals surface area contributed by atoms with Gasteiger partial charge in [-0.05, 0) is 44.5 Å². The summed E-state index contributed by atoms with van der Waals surface area (Å²) >= 11 is 0. The van der Waals surface area contributed by atoms with Gasteiger partial charge in [0, 0.05) is 31.7 Å². The molecule has 1 fully saturated rings. The van der Waals surface area contributed by atoms with E-state index in [9.17, 15) is 0 Å². The number of hydrogen-bond acceptors (Lipinski definition) is 3. The second-order valence-corrected chi connectivity index (χ2v) is 6.27. The van der Waals surface area contributed by atoms with Crippen LogP contribution in [0.25, 0.3) is 0 Å². The molecule has 1 aromatic carbocycles. The summed E-state index contributed by atoms with van der Waals surface area (Å²) in [5.74, 6) is 0. The Morgan fingerprint density at radius 1 is 1.29 bits per heavy atom. The van der Waals surface area contributed by atoms with Crippen LogP contribution in [-0.4, -0.2) is 48.6 Å². The molecule has 0 aliphatic carbocycles. The number of aryl methyl sites for hydroxylation is 2. The normalized spacial score (nSPS) is 21.1. The van der Waals surface area contributed by atoms with E-state index in [0.717, 1.165) is 26.2 Å². The molecule has 0 amide bonds. The first-order chi connectivity index (χ1) is 10.1. The maximum absolute atomic E-state index is 6.13. The lowest BCUT2D eigenvalue weighted by Gasteiger charge is -2.31. The highest BCUT2D eigenvalue weighted by atomic mass is 15.3. The molecule has 1 aromatic rings. The number of likely N-dealkylation sites (N-methyl/N-ethyl adjacent to an activating group) is 1. The Balaban J connectivity index is 2.14. The number of benzene rings is 1. The van der Waals surface area contributed by atoms with Gasteiger partial charge in [0.05, 0.1) is 0 Å². The third-order valence-electron chi connectivity index (χ3n) is 4.98. The standard InChI is InChI=1S/C18H31N3/c1-5-20(6-2)16-9-10-21(13-16)18(12-19)17-11-14(3)7-8-15(17)4/h7-8,11,16,18H,5-6,9-10,12-13,19H2,1-4H3. The Morgan fingerprint density at radius 3 is 2.62 bits per heavy atom. The summed E-state index contributed by atoms with van der Waals surface area (Å²) in [7, 11) is 0. The zero-order valence-corrected chi connectivity index (χ0v) is 14.1. The molecule has 0 bridgehead atoms. The molecular formula is C18H31N3.